The predicted octanol–water partition coefficient (Wildman–Crippen LogP) is 3.55. The monoisotopic (exact) mass is 289 g/mol. The van der Waals surface area contributed by atoms with E-state index in [-0.39, 0.29) is 0 Å². The SMILES string of the molecule is CC(C)Cc1nc2c(n1CC1CCCC(C)C1)CCNC2. The number of hydrogen-bond acceptors (Lipinski definition) is 2. The normalized spacial score (nSPS) is 26.1. The molecule has 0 spiro atoms. The van der Waals surface area contributed by atoms with Crippen molar-refractivity contribution in [3.8, 4) is 0 Å². The molecule has 0 bridgehead atoms. The van der Waals surface area contributed by atoms with Crippen molar-refractivity contribution in [1.82, 2.24) is 14.9 Å². The van der Waals surface area contributed by atoms with E-state index in [2.05, 4.69) is 30.7 Å². The van der Waals surface area contributed by atoms with Crippen LogP contribution >= 0.6 is 0 Å². The largest absolute Gasteiger partial charge is 0.331 e. The highest BCUT2D eigenvalue weighted by molar-refractivity contribution is 5.20. The summed E-state index contributed by atoms with van der Waals surface area (Å²) >= 11 is 0. The van der Waals surface area contributed by atoms with Crippen LogP contribution < -0.4 is 5.32 Å². The van der Waals surface area contributed by atoms with Gasteiger partial charge >= 0.3 is 0 Å². The van der Waals surface area contributed by atoms with Gasteiger partial charge in [-0.15, -0.1) is 0 Å². The molecule has 2 unspecified atom stereocenters. The fourth-order valence-electron chi connectivity index (χ4n) is 4.15. The molecule has 1 saturated carbocycles. The van der Waals surface area contributed by atoms with E-state index in [1.165, 1.54) is 49.4 Å². The molecule has 2 aliphatic rings. The Kier molecular flexibility index (Phi) is 4.68. The van der Waals surface area contributed by atoms with E-state index >= 15 is 0 Å². The van der Waals surface area contributed by atoms with Gasteiger partial charge < -0.3 is 9.88 Å². The van der Waals surface area contributed by atoms with Crippen LogP contribution in [0.1, 0.15) is 63.7 Å². The van der Waals surface area contributed by atoms with Crippen molar-refractivity contribution in [3.63, 3.8) is 0 Å². The third-order valence-electron chi connectivity index (χ3n) is 5.14. The topological polar surface area (TPSA) is 29.9 Å². The summed E-state index contributed by atoms with van der Waals surface area (Å²) in [5.41, 5.74) is 2.85. The van der Waals surface area contributed by atoms with Gasteiger partial charge in [-0.05, 0) is 30.6 Å². The van der Waals surface area contributed by atoms with Crippen molar-refractivity contribution >= 4 is 0 Å². The molecule has 0 saturated heterocycles. The van der Waals surface area contributed by atoms with Gasteiger partial charge in [-0.1, -0.05) is 33.6 Å². The summed E-state index contributed by atoms with van der Waals surface area (Å²) < 4.78 is 2.61. The maximum atomic E-state index is 4.98. The number of hydrogen-bond donors (Lipinski definition) is 1. The number of nitrogens with zero attached hydrogens (tertiary/aromatic N) is 2. The maximum absolute atomic E-state index is 4.98. The van der Waals surface area contributed by atoms with E-state index in [1.54, 1.807) is 0 Å². The lowest BCUT2D eigenvalue weighted by Crippen LogP contribution is -2.27. The quantitative estimate of drug-likeness (QED) is 0.918. The Morgan fingerprint density at radius 1 is 1.33 bits per heavy atom. The Bertz CT molecular complexity index is 475. The maximum Gasteiger partial charge on any atom is 0.109 e. The molecule has 118 valence electrons. The van der Waals surface area contributed by atoms with E-state index in [0.29, 0.717) is 5.92 Å². The zero-order valence-corrected chi connectivity index (χ0v) is 14.0. The Morgan fingerprint density at radius 3 is 2.95 bits per heavy atom. The number of fused-ring (bicyclic) bond motifs is 1. The molecule has 1 aliphatic heterocycles. The van der Waals surface area contributed by atoms with E-state index in [0.717, 1.165) is 37.8 Å². The van der Waals surface area contributed by atoms with Crippen LogP contribution in [0.4, 0.5) is 0 Å². The summed E-state index contributed by atoms with van der Waals surface area (Å²) in [4.78, 5) is 4.98. The predicted molar refractivity (Wildman–Crippen MR) is 87.3 cm³/mol. The molecule has 3 nitrogen and oxygen atoms in total. The average Bonchev–Trinajstić information content (AvgIpc) is 2.76. The second-order valence-corrected chi connectivity index (χ2v) is 7.69. The molecule has 1 aromatic heterocycles. The molecule has 1 aromatic rings. The highest BCUT2D eigenvalue weighted by Crippen LogP contribution is 2.31. The molecule has 3 rings (SSSR count). The van der Waals surface area contributed by atoms with Crippen LogP contribution in [-0.2, 0) is 25.9 Å². The third-order valence-corrected chi connectivity index (χ3v) is 5.14. The summed E-state index contributed by atoms with van der Waals surface area (Å²) in [6.07, 6.45) is 7.95. The first-order valence-electron chi connectivity index (χ1n) is 8.91. The highest BCUT2D eigenvalue weighted by atomic mass is 15.1. The Balaban J connectivity index is 1.82. The molecule has 2 atom stereocenters. The van der Waals surface area contributed by atoms with Crippen molar-refractivity contribution in [1.29, 1.82) is 0 Å². The number of imidazole rings is 1. The molecule has 1 fully saturated rings. The summed E-state index contributed by atoms with van der Waals surface area (Å²) in [6, 6.07) is 0. The van der Waals surface area contributed by atoms with Gasteiger partial charge in [0.15, 0.2) is 0 Å². The first kappa shape index (κ1) is 15.1. The van der Waals surface area contributed by atoms with Crippen LogP contribution in [0.15, 0.2) is 0 Å². The van der Waals surface area contributed by atoms with E-state index in [4.69, 9.17) is 4.98 Å². The molecule has 2 heterocycles. The van der Waals surface area contributed by atoms with Gasteiger partial charge in [0.25, 0.3) is 0 Å². The van der Waals surface area contributed by atoms with Crippen molar-refractivity contribution in [2.24, 2.45) is 17.8 Å². The van der Waals surface area contributed by atoms with Crippen LogP contribution in [0.5, 0.6) is 0 Å². The van der Waals surface area contributed by atoms with Crippen LogP contribution in [-0.4, -0.2) is 16.1 Å². The number of aromatic nitrogens is 2. The molecule has 0 aromatic carbocycles. The van der Waals surface area contributed by atoms with E-state index in [1.807, 2.05) is 0 Å². The zero-order chi connectivity index (χ0) is 14.8. The Hall–Kier alpha value is -0.830. The average molecular weight is 289 g/mol. The second-order valence-electron chi connectivity index (χ2n) is 7.69. The summed E-state index contributed by atoms with van der Waals surface area (Å²) in [7, 11) is 0. The molecular weight excluding hydrogens is 258 g/mol. The first-order valence-corrected chi connectivity index (χ1v) is 8.91. The fraction of sp³-hybridized carbons (Fsp3) is 0.833. The van der Waals surface area contributed by atoms with Gasteiger partial charge in [-0.25, -0.2) is 4.98 Å². The molecule has 1 N–H and O–H groups in total. The molecule has 21 heavy (non-hydrogen) atoms. The van der Waals surface area contributed by atoms with E-state index in [9.17, 15) is 0 Å². The lowest BCUT2D eigenvalue weighted by Gasteiger charge is -2.28. The summed E-state index contributed by atoms with van der Waals surface area (Å²) in [6.45, 7) is 10.3. The van der Waals surface area contributed by atoms with Gasteiger partial charge in [0.1, 0.15) is 5.82 Å². The summed E-state index contributed by atoms with van der Waals surface area (Å²) in [5, 5.41) is 3.47. The number of rotatable bonds is 4. The minimum absolute atomic E-state index is 0.686. The molecule has 1 aliphatic carbocycles. The van der Waals surface area contributed by atoms with Crippen molar-refractivity contribution in [3.05, 3.63) is 17.2 Å². The minimum Gasteiger partial charge on any atom is -0.331 e. The Labute approximate surface area is 129 Å². The van der Waals surface area contributed by atoms with Gasteiger partial charge in [-0.2, -0.15) is 0 Å². The Morgan fingerprint density at radius 2 is 2.19 bits per heavy atom. The lowest BCUT2D eigenvalue weighted by molar-refractivity contribution is 0.252. The highest BCUT2D eigenvalue weighted by Gasteiger charge is 2.24. The smallest absolute Gasteiger partial charge is 0.109 e. The third kappa shape index (κ3) is 3.50. The van der Waals surface area contributed by atoms with Gasteiger partial charge in [0, 0.05) is 38.2 Å². The van der Waals surface area contributed by atoms with Crippen molar-refractivity contribution in [2.45, 2.75) is 72.4 Å². The molecule has 0 amide bonds. The lowest BCUT2D eigenvalue weighted by atomic mass is 9.82. The second kappa shape index (κ2) is 6.51. The van der Waals surface area contributed by atoms with Gasteiger partial charge in [0.05, 0.1) is 5.69 Å². The molecular formula is C18H31N3. The number of nitrogens with one attached hydrogen (secondary N) is 1. The van der Waals surface area contributed by atoms with Gasteiger partial charge in [0.2, 0.25) is 0 Å². The summed E-state index contributed by atoms with van der Waals surface area (Å²) in [5.74, 6) is 3.81. The van der Waals surface area contributed by atoms with E-state index < -0.39 is 0 Å². The van der Waals surface area contributed by atoms with Crippen LogP contribution in [0.3, 0.4) is 0 Å². The van der Waals surface area contributed by atoms with Crippen molar-refractivity contribution in [2.75, 3.05) is 6.54 Å². The fourth-order valence-corrected chi connectivity index (χ4v) is 4.15. The van der Waals surface area contributed by atoms with Crippen LogP contribution in [0, 0.1) is 17.8 Å². The minimum atomic E-state index is 0.686. The molecule has 0 radical (unpaired) electrons. The first-order chi connectivity index (χ1) is 10.1. The van der Waals surface area contributed by atoms with Crippen LogP contribution in [0.25, 0.3) is 0 Å². The molecule has 3 heteroatoms. The van der Waals surface area contributed by atoms with Gasteiger partial charge in [-0.3, -0.25) is 0 Å². The van der Waals surface area contributed by atoms with Crippen LogP contribution in [0.2, 0.25) is 0 Å². The van der Waals surface area contributed by atoms with Crippen molar-refractivity contribution < 1.29 is 0 Å². The standard InChI is InChI=1S/C18H31N3/c1-13(2)9-18-20-16-11-19-8-7-17(16)21(18)12-15-6-4-5-14(3)10-15/h13-15,19H,4-12H2,1-3H3. The zero-order valence-electron chi connectivity index (χ0n) is 14.0.